The van der Waals surface area contributed by atoms with Crippen molar-refractivity contribution in [2.24, 2.45) is 0 Å². The predicted octanol–water partition coefficient (Wildman–Crippen LogP) is 3.71. The molecule has 0 aliphatic heterocycles. The van der Waals surface area contributed by atoms with Crippen molar-refractivity contribution in [2.75, 3.05) is 13.2 Å². The van der Waals surface area contributed by atoms with E-state index in [1.165, 1.54) is 0 Å². The maximum Gasteiger partial charge on any atom is 0.343 e. The number of nitrogens with zero attached hydrogens (tertiary/aromatic N) is 1. The van der Waals surface area contributed by atoms with Gasteiger partial charge in [0.2, 0.25) is 0 Å². The molecule has 0 aliphatic carbocycles. The summed E-state index contributed by atoms with van der Waals surface area (Å²) in [5.74, 6) is 0.643. The zero-order chi connectivity index (χ0) is 17.9. The molecule has 25 heavy (non-hydrogen) atoms. The summed E-state index contributed by atoms with van der Waals surface area (Å²) in [7, 11) is 0. The van der Waals surface area contributed by atoms with Gasteiger partial charge in [-0.05, 0) is 67.8 Å². The molecule has 130 valence electrons. The Kier molecular flexibility index (Phi) is 7.48. The van der Waals surface area contributed by atoms with Gasteiger partial charge in [0.1, 0.15) is 11.5 Å². The third kappa shape index (κ3) is 6.28. The number of aliphatic hydroxyl groups is 1. The molecular formula is C20H21NO4. The maximum atomic E-state index is 12.1. The van der Waals surface area contributed by atoms with Crippen LogP contribution in [0.25, 0.3) is 0 Å². The summed E-state index contributed by atoms with van der Waals surface area (Å²) in [4.78, 5) is 12.1. The average molecular weight is 339 g/mol. The van der Waals surface area contributed by atoms with E-state index in [2.05, 4.69) is 0 Å². The molecule has 0 bridgehead atoms. The number of ether oxygens (including phenoxy) is 2. The van der Waals surface area contributed by atoms with Crippen LogP contribution in [0.5, 0.6) is 11.5 Å². The van der Waals surface area contributed by atoms with Gasteiger partial charge in [0, 0.05) is 6.61 Å². The van der Waals surface area contributed by atoms with E-state index in [-0.39, 0.29) is 6.61 Å². The van der Waals surface area contributed by atoms with Crippen molar-refractivity contribution in [1.82, 2.24) is 0 Å². The van der Waals surface area contributed by atoms with Gasteiger partial charge in [-0.15, -0.1) is 0 Å². The lowest BCUT2D eigenvalue weighted by atomic mass is 10.2. The van der Waals surface area contributed by atoms with Crippen molar-refractivity contribution in [3.8, 4) is 17.6 Å². The molecule has 0 fully saturated rings. The molecule has 0 heterocycles. The quantitative estimate of drug-likeness (QED) is 0.428. The molecule has 2 rings (SSSR count). The molecule has 5 heteroatoms. The van der Waals surface area contributed by atoms with Crippen LogP contribution in [0.1, 0.15) is 41.6 Å². The fourth-order valence-electron chi connectivity index (χ4n) is 2.21. The minimum atomic E-state index is -0.458. The summed E-state index contributed by atoms with van der Waals surface area (Å²) < 4.78 is 10.9. The van der Waals surface area contributed by atoms with Crippen LogP contribution >= 0.6 is 0 Å². The molecule has 0 radical (unpaired) electrons. The third-order valence-corrected chi connectivity index (χ3v) is 3.61. The number of hydrogen-bond acceptors (Lipinski definition) is 5. The van der Waals surface area contributed by atoms with Crippen molar-refractivity contribution >= 4 is 5.97 Å². The number of carbonyl (C=O) groups is 1. The van der Waals surface area contributed by atoms with Crippen LogP contribution in [-0.4, -0.2) is 24.3 Å². The fourth-order valence-corrected chi connectivity index (χ4v) is 2.21. The summed E-state index contributed by atoms with van der Waals surface area (Å²) in [6, 6.07) is 15.2. The minimum absolute atomic E-state index is 0.237. The molecule has 2 aromatic carbocycles. The molecule has 0 amide bonds. The van der Waals surface area contributed by atoms with Crippen LogP contribution in [0.3, 0.4) is 0 Å². The Hall–Kier alpha value is -2.84. The predicted molar refractivity (Wildman–Crippen MR) is 93.6 cm³/mol. The van der Waals surface area contributed by atoms with E-state index in [9.17, 15) is 4.79 Å². The van der Waals surface area contributed by atoms with Crippen LogP contribution in [0.2, 0.25) is 0 Å². The smallest absolute Gasteiger partial charge is 0.343 e. The van der Waals surface area contributed by atoms with Gasteiger partial charge in [-0.3, -0.25) is 0 Å². The monoisotopic (exact) mass is 339 g/mol. The lowest BCUT2D eigenvalue weighted by Crippen LogP contribution is -2.08. The van der Waals surface area contributed by atoms with Gasteiger partial charge in [0.15, 0.2) is 0 Å². The standard InChI is InChI=1S/C20H21NO4/c21-15-16-5-9-19(10-6-16)25-20(23)17-7-11-18(12-8-17)24-14-4-2-1-3-13-22/h5-12,22H,1-4,13-14H2. The highest BCUT2D eigenvalue weighted by atomic mass is 16.5. The fraction of sp³-hybridized carbons (Fsp3) is 0.300. The molecule has 0 aromatic heterocycles. The second-order valence-corrected chi connectivity index (χ2v) is 5.54. The molecule has 5 nitrogen and oxygen atoms in total. The highest BCUT2D eigenvalue weighted by molar-refractivity contribution is 5.91. The van der Waals surface area contributed by atoms with Gasteiger partial charge in [-0.2, -0.15) is 5.26 Å². The molecule has 0 unspecified atom stereocenters. The minimum Gasteiger partial charge on any atom is -0.494 e. The molecule has 0 atom stereocenters. The van der Waals surface area contributed by atoms with Gasteiger partial charge in [0.25, 0.3) is 0 Å². The first-order chi connectivity index (χ1) is 12.2. The summed E-state index contributed by atoms with van der Waals surface area (Å²) >= 11 is 0. The lowest BCUT2D eigenvalue weighted by Gasteiger charge is -2.07. The van der Waals surface area contributed by atoms with Crippen LogP contribution in [0.15, 0.2) is 48.5 Å². The highest BCUT2D eigenvalue weighted by Gasteiger charge is 2.09. The summed E-state index contributed by atoms with van der Waals surface area (Å²) in [5, 5.41) is 17.5. The van der Waals surface area contributed by atoms with Gasteiger partial charge < -0.3 is 14.6 Å². The van der Waals surface area contributed by atoms with E-state index in [0.29, 0.717) is 29.2 Å². The molecule has 0 saturated carbocycles. The van der Waals surface area contributed by atoms with Gasteiger partial charge in [-0.1, -0.05) is 6.42 Å². The Morgan fingerprint density at radius 1 is 0.920 bits per heavy atom. The second kappa shape index (κ2) is 10.1. The Morgan fingerprint density at radius 3 is 2.20 bits per heavy atom. The van der Waals surface area contributed by atoms with Crippen molar-refractivity contribution in [3.63, 3.8) is 0 Å². The summed E-state index contributed by atoms with van der Waals surface area (Å²) in [6.07, 6.45) is 3.79. The SMILES string of the molecule is N#Cc1ccc(OC(=O)c2ccc(OCCCCCCO)cc2)cc1. The first-order valence-electron chi connectivity index (χ1n) is 8.29. The summed E-state index contributed by atoms with van der Waals surface area (Å²) in [5.41, 5.74) is 0.942. The van der Waals surface area contributed by atoms with E-state index in [1.807, 2.05) is 6.07 Å². The zero-order valence-electron chi connectivity index (χ0n) is 14.0. The number of rotatable bonds is 9. The molecule has 0 aliphatic rings. The number of carbonyl (C=O) groups excluding carboxylic acids is 1. The van der Waals surface area contributed by atoms with Gasteiger partial charge in [0.05, 0.1) is 23.8 Å². The van der Waals surface area contributed by atoms with Crippen LogP contribution in [0.4, 0.5) is 0 Å². The van der Waals surface area contributed by atoms with Gasteiger partial charge in [-0.25, -0.2) is 4.79 Å². The number of unbranched alkanes of at least 4 members (excludes halogenated alkanes) is 3. The van der Waals surface area contributed by atoms with Crippen LogP contribution in [0, 0.1) is 11.3 Å². The Balaban J connectivity index is 1.80. The number of nitriles is 1. The zero-order valence-corrected chi connectivity index (χ0v) is 14.0. The molecule has 0 spiro atoms. The molecule has 1 N–H and O–H groups in total. The lowest BCUT2D eigenvalue weighted by molar-refractivity contribution is 0.0734. The largest absolute Gasteiger partial charge is 0.494 e. The second-order valence-electron chi connectivity index (χ2n) is 5.54. The number of benzene rings is 2. The van der Waals surface area contributed by atoms with E-state index >= 15 is 0 Å². The number of esters is 1. The molecule has 2 aromatic rings. The topological polar surface area (TPSA) is 79.5 Å². The van der Waals surface area contributed by atoms with Crippen molar-refractivity contribution in [1.29, 1.82) is 5.26 Å². The Bertz CT molecular complexity index is 702. The normalized spacial score (nSPS) is 10.1. The van der Waals surface area contributed by atoms with E-state index in [1.54, 1.807) is 48.5 Å². The maximum absolute atomic E-state index is 12.1. The average Bonchev–Trinajstić information content (AvgIpc) is 2.65. The van der Waals surface area contributed by atoms with E-state index < -0.39 is 5.97 Å². The molecule has 0 saturated heterocycles. The van der Waals surface area contributed by atoms with E-state index in [4.69, 9.17) is 19.8 Å². The number of hydrogen-bond donors (Lipinski definition) is 1. The highest BCUT2D eigenvalue weighted by Crippen LogP contribution is 2.17. The van der Waals surface area contributed by atoms with E-state index in [0.717, 1.165) is 25.7 Å². The van der Waals surface area contributed by atoms with Crippen molar-refractivity contribution in [2.45, 2.75) is 25.7 Å². The Labute approximate surface area is 147 Å². The van der Waals surface area contributed by atoms with Crippen molar-refractivity contribution in [3.05, 3.63) is 59.7 Å². The first kappa shape index (κ1) is 18.5. The molecular weight excluding hydrogens is 318 g/mol. The number of aliphatic hydroxyl groups excluding tert-OH is 1. The van der Waals surface area contributed by atoms with Gasteiger partial charge >= 0.3 is 5.97 Å². The Morgan fingerprint density at radius 2 is 1.56 bits per heavy atom. The van der Waals surface area contributed by atoms with Crippen LogP contribution in [-0.2, 0) is 0 Å². The summed E-state index contributed by atoms with van der Waals surface area (Å²) in [6.45, 7) is 0.849. The van der Waals surface area contributed by atoms with Crippen LogP contribution < -0.4 is 9.47 Å². The first-order valence-corrected chi connectivity index (χ1v) is 8.29. The van der Waals surface area contributed by atoms with Crippen molar-refractivity contribution < 1.29 is 19.4 Å². The third-order valence-electron chi connectivity index (χ3n) is 3.61.